The Bertz CT molecular complexity index is 652. The number of aromatic amines is 1. The first-order valence-electron chi connectivity index (χ1n) is 8.21. The van der Waals surface area contributed by atoms with Crippen molar-refractivity contribution in [3.8, 4) is 5.75 Å². The molecule has 0 amide bonds. The van der Waals surface area contributed by atoms with Crippen molar-refractivity contribution in [3.63, 3.8) is 0 Å². The second kappa shape index (κ2) is 9.42. The number of carbonyl (C=O) groups excluding carboxylic acids is 1. The highest BCUT2D eigenvalue weighted by Gasteiger charge is 2.13. The first-order chi connectivity index (χ1) is 11.6. The Kier molecular flexibility index (Phi) is 7.24. The predicted molar refractivity (Wildman–Crippen MR) is 93.5 cm³/mol. The Labute approximate surface area is 142 Å². The second-order valence-electron chi connectivity index (χ2n) is 5.77. The van der Waals surface area contributed by atoms with E-state index in [2.05, 4.69) is 9.88 Å². The van der Waals surface area contributed by atoms with Crippen LogP contribution in [0.1, 0.15) is 12.5 Å². The van der Waals surface area contributed by atoms with Gasteiger partial charge in [0.1, 0.15) is 12.4 Å². The summed E-state index contributed by atoms with van der Waals surface area (Å²) < 4.78 is 15.9. The molecule has 6 heteroatoms. The van der Waals surface area contributed by atoms with Gasteiger partial charge in [0, 0.05) is 30.3 Å². The van der Waals surface area contributed by atoms with Crippen LogP contribution in [0.5, 0.6) is 5.75 Å². The summed E-state index contributed by atoms with van der Waals surface area (Å²) in [5.74, 6) is 0.166. The monoisotopic (exact) mass is 334 g/mol. The number of nitrogens with one attached hydrogen (secondary N) is 1. The fraction of sp³-hybridized carbons (Fsp3) is 0.500. The van der Waals surface area contributed by atoms with Gasteiger partial charge < -0.3 is 24.1 Å². The molecule has 0 spiro atoms. The summed E-state index contributed by atoms with van der Waals surface area (Å²) in [6.07, 6.45) is 2.86. The van der Waals surface area contributed by atoms with E-state index in [-0.39, 0.29) is 6.61 Å². The average molecular weight is 334 g/mol. The molecule has 0 aliphatic carbocycles. The Morgan fingerprint density at radius 1 is 1.21 bits per heavy atom. The van der Waals surface area contributed by atoms with Crippen LogP contribution in [0.2, 0.25) is 0 Å². The quantitative estimate of drug-likeness (QED) is 0.410. The van der Waals surface area contributed by atoms with Gasteiger partial charge in [-0.3, -0.25) is 0 Å². The van der Waals surface area contributed by atoms with Crippen LogP contribution in [0.4, 0.5) is 0 Å². The average Bonchev–Trinajstić information content (AvgIpc) is 2.97. The lowest BCUT2D eigenvalue weighted by molar-refractivity contribution is -0.139. The number of nitrogens with zero attached hydrogens (tertiary/aromatic N) is 1. The molecule has 6 nitrogen and oxygen atoms in total. The Balaban J connectivity index is 2.00. The normalized spacial score (nSPS) is 11.3. The zero-order valence-corrected chi connectivity index (χ0v) is 14.6. The third-order valence-corrected chi connectivity index (χ3v) is 3.60. The van der Waals surface area contributed by atoms with Gasteiger partial charge in [0.2, 0.25) is 0 Å². The molecule has 0 aliphatic heterocycles. The van der Waals surface area contributed by atoms with Crippen molar-refractivity contribution in [3.05, 3.63) is 30.0 Å². The molecule has 0 atom stereocenters. The zero-order chi connectivity index (χ0) is 17.4. The van der Waals surface area contributed by atoms with E-state index < -0.39 is 5.97 Å². The van der Waals surface area contributed by atoms with Crippen molar-refractivity contribution < 1.29 is 19.0 Å². The van der Waals surface area contributed by atoms with Crippen molar-refractivity contribution in [1.29, 1.82) is 0 Å². The van der Waals surface area contributed by atoms with Gasteiger partial charge in [0.25, 0.3) is 0 Å². The first kappa shape index (κ1) is 18.4. The van der Waals surface area contributed by atoms with Crippen LogP contribution in [0, 0.1) is 0 Å². The van der Waals surface area contributed by atoms with Crippen LogP contribution in [-0.4, -0.2) is 62.9 Å². The summed E-state index contributed by atoms with van der Waals surface area (Å²) in [6.45, 7) is 4.26. The molecule has 0 unspecified atom stereocenters. The standard InChI is InChI=1S/C18H26N2O4/c1-4-22-10-11-23-13-17(21)24-16-7-5-6-15-18(16)14(12-19-15)8-9-20(2)3/h5-7,12,19H,4,8-11,13H2,1-3H3. The molecule has 0 aliphatic rings. The summed E-state index contributed by atoms with van der Waals surface area (Å²) in [5.41, 5.74) is 2.10. The Morgan fingerprint density at radius 3 is 2.75 bits per heavy atom. The molecule has 132 valence electrons. The summed E-state index contributed by atoms with van der Waals surface area (Å²) in [6, 6.07) is 5.66. The number of ether oxygens (including phenoxy) is 3. The molecular weight excluding hydrogens is 308 g/mol. The number of H-pyrrole nitrogens is 1. The zero-order valence-electron chi connectivity index (χ0n) is 14.6. The maximum Gasteiger partial charge on any atom is 0.337 e. The lowest BCUT2D eigenvalue weighted by Gasteiger charge is -2.10. The molecule has 24 heavy (non-hydrogen) atoms. The molecule has 0 fully saturated rings. The van der Waals surface area contributed by atoms with Crippen LogP contribution < -0.4 is 4.74 Å². The SMILES string of the molecule is CCOCCOCC(=O)Oc1cccc2[nH]cc(CCN(C)C)c12. The highest BCUT2D eigenvalue weighted by Crippen LogP contribution is 2.29. The van der Waals surface area contributed by atoms with Crippen molar-refractivity contribution in [2.24, 2.45) is 0 Å². The number of likely N-dealkylation sites (N-methyl/N-ethyl adjacent to an activating group) is 1. The number of fused-ring (bicyclic) bond motifs is 1. The van der Waals surface area contributed by atoms with Gasteiger partial charge in [-0.2, -0.15) is 0 Å². The fourth-order valence-corrected chi connectivity index (χ4v) is 2.42. The third-order valence-electron chi connectivity index (χ3n) is 3.60. The van der Waals surface area contributed by atoms with E-state index in [9.17, 15) is 4.79 Å². The molecule has 2 aromatic rings. The minimum Gasteiger partial charge on any atom is -0.424 e. The molecule has 1 heterocycles. The lowest BCUT2D eigenvalue weighted by atomic mass is 10.1. The maximum atomic E-state index is 12.0. The number of hydrogen-bond donors (Lipinski definition) is 1. The van der Waals surface area contributed by atoms with Gasteiger partial charge in [-0.1, -0.05) is 6.07 Å². The number of benzene rings is 1. The third kappa shape index (κ3) is 5.33. The second-order valence-corrected chi connectivity index (χ2v) is 5.77. The maximum absolute atomic E-state index is 12.0. The largest absolute Gasteiger partial charge is 0.424 e. The predicted octanol–water partition coefficient (Wildman–Crippen LogP) is 2.23. The van der Waals surface area contributed by atoms with Gasteiger partial charge in [0.15, 0.2) is 0 Å². The van der Waals surface area contributed by atoms with Crippen molar-refractivity contribution in [1.82, 2.24) is 9.88 Å². The van der Waals surface area contributed by atoms with Crippen LogP contribution in [0.25, 0.3) is 10.9 Å². The fourth-order valence-electron chi connectivity index (χ4n) is 2.42. The summed E-state index contributed by atoms with van der Waals surface area (Å²) in [4.78, 5) is 17.3. The van der Waals surface area contributed by atoms with Gasteiger partial charge in [-0.15, -0.1) is 0 Å². The molecule has 2 rings (SSSR count). The van der Waals surface area contributed by atoms with Crippen LogP contribution in [0.3, 0.4) is 0 Å². The molecule has 0 saturated carbocycles. The number of hydrogen-bond acceptors (Lipinski definition) is 5. The van der Waals surface area contributed by atoms with Gasteiger partial charge >= 0.3 is 5.97 Å². The Hall–Kier alpha value is -1.89. The Morgan fingerprint density at radius 2 is 2.00 bits per heavy atom. The number of aromatic nitrogens is 1. The van der Waals surface area contributed by atoms with Crippen LogP contribution in [-0.2, 0) is 20.7 Å². The molecule has 1 N–H and O–H groups in total. The van der Waals surface area contributed by atoms with Gasteiger partial charge in [-0.25, -0.2) is 4.79 Å². The minimum atomic E-state index is -0.404. The molecular formula is C18H26N2O4. The van der Waals surface area contributed by atoms with Crippen molar-refractivity contribution in [2.75, 3.05) is 47.1 Å². The smallest absolute Gasteiger partial charge is 0.337 e. The molecule has 0 saturated heterocycles. The highest BCUT2D eigenvalue weighted by atomic mass is 16.6. The van der Waals surface area contributed by atoms with E-state index in [4.69, 9.17) is 14.2 Å². The molecule has 0 radical (unpaired) electrons. The molecule has 1 aromatic heterocycles. The van der Waals surface area contributed by atoms with E-state index in [1.165, 1.54) is 0 Å². The molecule has 0 bridgehead atoms. The summed E-state index contributed by atoms with van der Waals surface area (Å²) in [5, 5.41) is 0.960. The molecule has 1 aromatic carbocycles. The summed E-state index contributed by atoms with van der Waals surface area (Å²) in [7, 11) is 4.07. The van der Waals surface area contributed by atoms with Crippen LogP contribution in [0.15, 0.2) is 24.4 Å². The first-order valence-corrected chi connectivity index (χ1v) is 8.21. The highest BCUT2D eigenvalue weighted by molar-refractivity contribution is 5.91. The minimum absolute atomic E-state index is 0.0824. The van der Waals surface area contributed by atoms with Crippen LogP contribution >= 0.6 is 0 Å². The van der Waals surface area contributed by atoms with E-state index in [0.717, 1.165) is 29.4 Å². The van der Waals surface area contributed by atoms with Crippen molar-refractivity contribution >= 4 is 16.9 Å². The van der Waals surface area contributed by atoms with E-state index >= 15 is 0 Å². The van der Waals surface area contributed by atoms with Gasteiger partial charge in [0.05, 0.1) is 13.2 Å². The topological polar surface area (TPSA) is 63.8 Å². The summed E-state index contributed by atoms with van der Waals surface area (Å²) >= 11 is 0. The van der Waals surface area contributed by atoms with Crippen molar-refractivity contribution in [2.45, 2.75) is 13.3 Å². The number of rotatable bonds is 10. The number of esters is 1. The van der Waals surface area contributed by atoms with E-state index in [0.29, 0.717) is 25.6 Å². The lowest BCUT2D eigenvalue weighted by Crippen LogP contribution is -2.18. The van der Waals surface area contributed by atoms with E-state index in [1.54, 1.807) is 0 Å². The van der Waals surface area contributed by atoms with Gasteiger partial charge in [-0.05, 0) is 45.1 Å². The van der Waals surface area contributed by atoms with E-state index in [1.807, 2.05) is 45.4 Å². The number of carbonyl (C=O) groups is 1.